The van der Waals surface area contributed by atoms with Gasteiger partial charge in [0.05, 0.1) is 43.5 Å². The number of hydrogen-bond acceptors (Lipinski definition) is 5. The van der Waals surface area contributed by atoms with Gasteiger partial charge in [0.25, 0.3) is 0 Å². The second kappa shape index (κ2) is 11.2. The Morgan fingerprint density at radius 2 is 1.86 bits per heavy atom. The zero-order valence-electron chi connectivity index (χ0n) is 24.6. The van der Waals surface area contributed by atoms with Crippen LogP contribution in [0, 0.1) is 0 Å². The Hall–Kier alpha value is -4.33. The molecule has 42 heavy (non-hydrogen) atoms. The molecule has 4 aromatic rings. The van der Waals surface area contributed by atoms with E-state index in [2.05, 4.69) is 35.5 Å². The predicted octanol–water partition coefficient (Wildman–Crippen LogP) is 7.57. The van der Waals surface area contributed by atoms with Gasteiger partial charge in [-0.05, 0) is 92.6 Å². The third-order valence-electron chi connectivity index (χ3n) is 8.66. The molecule has 218 valence electrons. The molecule has 2 aliphatic rings. The van der Waals surface area contributed by atoms with E-state index in [1.807, 2.05) is 22.8 Å². The third kappa shape index (κ3) is 4.68. The Morgan fingerprint density at radius 1 is 1.07 bits per heavy atom. The summed E-state index contributed by atoms with van der Waals surface area (Å²) in [4.78, 5) is 29.8. The first-order chi connectivity index (χ1) is 20.3. The number of methoxy groups -OCH3 is 1. The van der Waals surface area contributed by atoms with Crippen LogP contribution < -0.4 is 4.74 Å². The summed E-state index contributed by atoms with van der Waals surface area (Å²) in [6.45, 7) is 6.59. The van der Waals surface area contributed by atoms with Crippen LogP contribution in [0.25, 0.3) is 33.8 Å². The van der Waals surface area contributed by atoms with Gasteiger partial charge in [-0.2, -0.15) is 0 Å². The lowest BCUT2D eigenvalue weighted by Gasteiger charge is -2.24. The van der Waals surface area contributed by atoms with Crippen molar-refractivity contribution in [1.82, 2.24) is 14.1 Å². The van der Waals surface area contributed by atoms with Crippen LogP contribution in [0.5, 0.6) is 5.75 Å². The minimum absolute atomic E-state index is 0.0434. The highest BCUT2D eigenvalue weighted by Gasteiger charge is 2.32. The van der Waals surface area contributed by atoms with E-state index in [-0.39, 0.29) is 23.9 Å². The smallest absolute Gasteiger partial charge is 0.359 e. The molecule has 0 atom stereocenters. The molecule has 6 rings (SSSR count). The molecule has 1 aliphatic heterocycles. The van der Waals surface area contributed by atoms with Crippen molar-refractivity contribution >= 4 is 34.5 Å². The summed E-state index contributed by atoms with van der Waals surface area (Å²) in [7, 11) is 1.66. The van der Waals surface area contributed by atoms with Crippen LogP contribution in [0.1, 0.15) is 103 Å². The molecule has 2 aromatic heterocycles. The summed E-state index contributed by atoms with van der Waals surface area (Å²) in [6, 6.07) is 11.7. The third-order valence-corrected chi connectivity index (χ3v) is 8.66. The average molecular weight is 568 g/mol. The predicted molar refractivity (Wildman–Crippen MR) is 163 cm³/mol. The number of allylic oxidation sites excluding steroid dienone is 1. The zero-order chi connectivity index (χ0) is 29.5. The highest BCUT2D eigenvalue weighted by molar-refractivity contribution is 6.02. The van der Waals surface area contributed by atoms with Crippen LogP contribution in [0.3, 0.4) is 0 Å². The number of ether oxygens (including phenoxy) is 2. The molecule has 0 bridgehead atoms. The van der Waals surface area contributed by atoms with Gasteiger partial charge in [-0.15, -0.1) is 0 Å². The number of carboxylic acid groups (broad SMARTS) is 1. The van der Waals surface area contributed by atoms with Gasteiger partial charge in [-0.25, -0.2) is 14.6 Å². The lowest BCUT2D eigenvalue weighted by atomic mass is 9.81. The van der Waals surface area contributed by atoms with Gasteiger partial charge in [-0.3, -0.25) is 0 Å². The summed E-state index contributed by atoms with van der Waals surface area (Å²) < 4.78 is 15.3. The Morgan fingerprint density at radius 3 is 2.55 bits per heavy atom. The maximum atomic E-state index is 13.1. The van der Waals surface area contributed by atoms with E-state index in [0.717, 1.165) is 51.9 Å². The van der Waals surface area contributed by atoms with Gasteiger partial charge in [-0.1, -0.05) is 25.3 Å². The van der Waals surface area contributed by atoms with Gasteiger partial charge in [0.1, 0.15) is 5.75 Å². The SMILES string of the molecule is CCOC(=O)c1ncn(C(C)C)c1C1=Cc2cc(OC)ccc2-c2c(C3CCCCC3)c3ccc(C(=O)O)cc3n2C1. The van der Waals surface area contributed by atoms with Crippen molar-refractivity contribution in [2.45, 2.75) is 71.4 Å². The second-order valence-corrected chi connectivity index (χ2v) is 11.5. The van der Waals surface area contributed by atoms with Crippen LogP contribution in [0.4, 0.5) is 0 Å². The van der Waals surface area contributed by atoms with Crippen molar-refractivity contribution in [2.75, 3.05) is 13.7 Å². The first-order valence-corrected chi connectivity index (χ1v) is 14.8. The number of carbonyl (C=O) groups is 2. The molecular formula is C34H37N3O5. The van der Waals surface area contributed by atoms with Gasteiger partial charge in [0.15, 0.2) is 5.69 Å². The molecule has 0 radical (unpaired) electrons. The van der Waals surface area contributed by atoms with E-state index in [9.17, 15) is 14.7 Å². The fourth-order valence-corrected chi connectivity index (χ4v) is 6.74. The number of benzene rings is 2. The van der Waals surface area contributed by atoms with Crippen LogP contribution in [-0.4, -0.2) is 44.9 Å². The van der Waals surface area contributed by atoms with Crippen molar-refractivity contribution in [3.63, 3.8) is 0 Å². The normalized spacial score (nSPS) is 15.2. The number of aromatic nitrogens is 3. The quantitative estimate of drug-likeness (QED) is 0.231. The van der Waals surface area contributed by atoms with Crippen molar-refractivity contribution in [2.24, 2.45) is 0 Å². The fourth-order valence-electron chi connectivity index (χ4n) is 6.74. The summed E-state index contributed by atoms with van der Waals surface area (Å²) in [5.41, 5.74) is 7.45. The molecule has 2 aromatic carbocycles. The second-order valence-electron chi connectivity index (χ2n) is 11.5. The number of aromatic carboxylic acids is 1. The van der Waals surface area contributed by atoms with Crippen LogP contribution in [0.15, 0.2) is 42.7 Å². The summed E-state index contributed by atoms with van der Waals surface area (Å²) in [5.74, 6) is -0.300. The number of rotatable bonds is 7. The largest absolute Gasteiger partial charge is 0.497 e. The van der Waals surface area contributed by atoms with Gasteiger partial charge < -0.3 is 23.7 Å². The summed E-state index contributed by atoms with van der Waals surface area (Å²) in [5, 5.41) is 11.0. The minimum Gasteiger partial charge on any atom is -0.497 e. The molecule has 1 saturated carbocycles. The van der Waals surface area contributed by atoms with E-state index in [0.29, 0.717) is 18.2 Å². The maximum Gasteiger partial charge on any atom is 0.359 e. The van der Waals surface area contributed by atoms with Crippen molar-refractivity contribution in [1.29, 1.82) is 0 Å². The van der Waals surface area contributed by atoms with Gasteiger partial charge in [0, 0.05) is 22.5 Å². The minimum atomic E-state index is -0.955. The summed E-state index contributed by atoms with van der Waals surface area (Å²) in [6.07, 6.45) is 9.63. The standard InChI is InChI=1S/C34H37N3O5/c1-5-42-34(40)30-31(37(19-35-30)20(2)3)24-15-23-16-25(41-4)12-14-26(23)32-29(21-9-7-6-8-10-21)27-13-11-22(33(38)39)17-28(27)36(32)18-24/h11-17,19-21H,5-10,18H2,1-4H3,(H,38,39). The van der Waals surface area contributed by atoms with Crippen LogP contribution >= 0.6 is 0 Å². The lowest BCUT2D eigenvalue weighted by molar-refractivity contribution is 0.0519. The lowest BCUT2D eigenvalue weighted by Crippen LogP contribution is -2.13. The molecule has 3 heterocycles. The molecule has 0 amide bonds. The van der Waals surface area contributed by atoms with Gasteiger partial charge in [0.2, 0.25) is 0 Å². The Bertz CT molecular complexity index is 1720. The molecule has 1 N–H and O–H groups in total. The highest BCUT2D eigenvalue weighted by Crippen LogP contribution is 2.48. The number of nitrogens with zero attached hydrogens (tertiary/aromatic N) is 3. The monoisotopic (exact) mass is 567 g/mol. The maximum absolute atomic E-state index is 13.1. The summed E-state index contributed by atoms with van der Waals surface area (Å²) >= 11 is 0. The number of carboxylic acids is 1. The molecule has 1 fully saturated rings. The number of esters is 1. The number of imidazole rings is 1. The first kappa shape index (κ1) is 27.8. The van der Waals surface area contributed by atoms with E-state index < -0.39 is 11.9 Å². The van der Waals surface area contributed by atoms with Crippen molar-refractivity contribution in [3.8, 4) is 17.0 Å². The average Bonchev–Trinajstić information content (AvgIpc) is 3.52. The fraction of sp³-hybridized carbons (Fsp3) is 0.382. The molecule has 0 saturated heterocycles. The molecule has 8 nitrogen and oxygen atoms in total. The highest BCUT2D eigenvalue weighted by atomic mass is 16.5. The van der Waals surface area contributed by atoms with Crippen LogP contribution in [0.2, 0.25) is 0 Å². The van der Waals surface area contributed by atoms with E-state index >= 15 is 0 Å². The molecule has 8 heteroatoms. The van der Waals surface area contributed by atoms with E-state index in [1.165, 1.54) is 24.8 Å². The molecule has 0 spiro atoms. The Balaban J connectivity index is 1.68. The van der Waals surface area contributed by atoms with E-state index in [1.54, 1.807) is 32.5 Å². The molecular weight excluding hydrogens is 530 g/mol. The molecule has 0 unspecified atom stereocenters. The first-order valence-electron chi connectivity index (χ1n) is 14.8. The van der Waals surface area contributed by atoms with Crippen molar-refractivity contribution in [3.05, 3.63) is 70.8 Å². The van der Waals surface area contributed by atoms with Crippen LogP contribution in [-0.2, 0) is 11.3 Å². The number of carbonyl (C=O) groups excluding carboxylic acids is 1. The number of fused-ring (bicyclic) bond motifs is 5. The molecule has 1 aliphatic carbocycles. The van der Waals surface area contributed by atoms with E-state index in [4.69, 9.17) is 9.47 Å². The topological polar surface area (TPSA) is 95.6 Å². The Kier molecular flexibility index (Phi) is 7.39. The zero-order valence-corrected chi connectivity index (χ0v) is 24.6. The number of hydrogen-bond donors (Lipinski definition) is 1. The van der Waals surface area contributed by atoms with Gasteiger partial charge >= 0.3 is 11.9 Å². The van der Waals surface area contributed by atoms with Crippen molar-refractivity contribution < 1.29 is 24.2 Å². The Labute approximate surface area is 245 Å².